The largest absolute Gasteiger partial charge is 0.288 e. The summed E-state index contributed by atoms with van der Waals surface area (Å²) in [5, 5.41) is 0.194. The Morgan fingerprint density at radius 2 is 1.50 bits per heavy atom. The average molecular weight is 151 g/mol. The quantitative estimate of drug-likeness (QED) is 0.467. The highest BCUT2D eigenvalue weighted by Crippen LogP contribution is 1.76. The summed E-state index contributed by atoms with van der Waals surface area (Å²) in [5.74, 6) is 0. The van der Waals surface area contributed by atoms with Crippen LogP contribution in [0, 0.1) is 6.13 Å². The Labute approximate surface area is 51.2 Å². The van der Waals surface area contributed by atoms with E-state index in [2.05, 4.69) is 11.6 Å². The van der Waals surface area contributed by atoms with Crippen molar-refractivity contribution in [1.29, 1.82) is 0 Å². The molecule has 4 heteroatoms. The monoisotopic (exact) mass is 150 g/mol. The Morgan fingerprint density at radius 3 is 1.50 bits per heavy atom. The molecule has 0 atom stereocenters. The fraction of sp³-hybridized carbons (Fsp3) is 0.500. The van der Waals surface area contributed by atoms with E-state index in [-0.39, 0.29) is 5.34 Å². The van der Waals surface area contributed by atoms with Crippen molar-refractivity contribution in [3.05, 3.63) is 6.13 Å². The zero-order chi connectivity index (χ0) is 5.41. The standard InChI is InChI=1S/CH2Cl2.CClF/c2*2-1-3/h1H2;. The van der Waals surface area contributed by atoms with Crippen molar-refractivity contribution in [2.45, 2.75) is 0 Å². The molecule has 0 heterocycles. The summed E-state index contributed by atoms with van der Waals surface area (Å²) in [4.78, 5) is 0. The van der Waals surface area contributed by atoms with Gasteiger partial charge in [-0.3, -0.25) is 0 Å². The van der Waals surface area contributed by atoms with Gasteiger partial charge in [0.05, 0.1) is 5.34 Å². The minimum Gasteiger partial charge on any atom is -0.216 e. The van der Waals surface area contributed by atoms with E-state index in [0.29, 0.717) is 0 Å². The van der Waals surface area contributed by atoms with E-state index in [1.165, 1.54) is 0 Å². The zero-order valence-corrected chi connectivity index (χ0v) is 4.99. The van der Waals surface area contributed by atoms with E-state index in [1.807, 2.05) is 0 Å². The summed E-state index contributed by atoms with van der Waals surface area (Å²) < 4.78 is 9.81. The highest BCUT2D eigenvalue weighted by atomic mass is 35.5. The highest BCUT2D eigenvalue weighted by molar-refractivity contribution is 6.40. The molecule has 0 amide bonds. The minimum atomic E-state index is 0.194. The summed E-state index contributed by atoms with van der Waals surface area (Å²) in [6.07, 6.45) is 0.722. The molecule has 0 saturated heterocycles. The number of halogens is 4. The molecule has 0 aliphatic carbocycles. The molecule has 0 rings (SSSR count). The van der Waals surface area contributed by atoms with Gasteiger partial charge < -0.3 is 0 Å². The van der Waals surface area contributed by atoms with Crippen molar-refractivity contribution in [3.63, 3.8) is 0 Å². The first-order chi connectivity index (χ1) is 2.83. The van der Waals surface area contributed by atoms with Gasteiger partial charge in [-0.1, -0.05) is 11.6 Å². The molecule has 0 fully saturated rings. The number of hydrogen-bond acceptors (Lipinski definition) is 0. The van der Waals surface area contributed by atoms with Crippen molar-refractivity contribution in [2.75, 3.05) is 5.34 Å². The second kappa shape index (κ2) is 17.0. The molecule has 0 nitrogen and oxygen atoms in total. The molecule has 0 unspecified atom stereocenters. The molecule has 0 aromatic rings. The van der Waals surface area contributed by atoms with Crippen LogP contribution in [0.2, 0.25) is 0 Å². The Balaban J connectivity index is 0. The second-order valence-electron chi connectivity index (χ2n) is 0.172. The van der Waals surface area contributed by atoms with Crippen molar-refractivity contribution >= 4 is 34.8 Å². The maximum Gasteiger partial charge on any atom is 0.288 e. The third-order valence-corrected chi connectivity index (χ3v) is 0. The number of rotatable bonds is 0. The van der Waals surface area contributed by atoms with Crippen LogP contribution in [-0.4, -0.2) is 5.34 Å². The van der Waals surface area contributed by atoms with E-state index in [4.69, 9.17) is 23.2 Å². The van der Waals surface area contributed by atoms with Gasteiger partial charge in [0, 0.05) is 0 Å². The Hall–Kier alpha value is 0.800. The van der Waals surface area contributed by atoms with Crippen LogP contribution in [0.25, 0.3) is 0 Å². The van der Waals surface area contributed by atoms with E-state index >= 15 is 0 Å². The van der Waals surface area contributed by atoms with Gasteiger partial charge in [-0.25, -0.2) is 4.39 Å². The Morgan fingerprint density at radius 1 is 1.50 bits per heavy atom. The highest BCUT2D eigenvalue weighted by Gasteiger charge is 1.50. The van der Waals surface area contributed by atoms with E-state index in [1.54, 1.807) is 0 Å². The lowest BCUT2D eigenvalue weighted by Gasteiger charge is -1.42. The van der Waals surface area contributed by atoms with Gasteiger partial charge in [0.25, 0.3) is 6.13 Å². The van der Waals surface area contributed by atoms with Crippen LogP contribution in [0.3, 0.4) is 0 Å². The SMILES string of the molecule is ClCCl.F[C]Cl. The average Bonchev–Trinajstić information content (AvgIpc) is 1.39. The Bertz CT molecular complexity index is 10.8. The number of hydrogen-bond donors (Lipinski definition) is 0. The van der Waals surface area contributed by atoms with Crippen molar-refractivity contribution in [3.8, 4) is 0 Å². The zero-order valence-electron chi connectivity index (χ0n) is 2.72. The lowest BCUT2D eigenvalue weighted by atomic mass is 11.8. The fourth-order valence-corrected chi connectivity index (χ4v) is 0. The molecule has 0 spiro atoms. The topological polar surface area (TPSA) is 0 Å². The molecule has 0 saturated carbocycles. The van der Waals surface area contributed by atoms with E-state index < -0.39 is 0 Å². The summed E-state index contributed by atoms with van der Waals surface area (Å²) in [6.45, 7) is 0. The van der Waals surface area contributed by atoms with Crippen LogP contribution in [0.1, 0.15) is 0 Å². The Kier molecular flexibility index (Phi) is 28.2. The van der Waals surface area contributed by atoms with Gasteiger partial charge in [-0.15, -0.1) is 23.2 Å². The summed E-state index contributed by atoms with van der Waals surface area (Å²) in [6, 6.07) is 0. The molecule has 0 bridgehead atoms. The molecule has 38 valence electrons. The maximum atomic E-state index is 9.81. The van der Waals surface area contributed by atoms with Crippen LogP contribution >= 0.6 is 34.8 Å². The molecule has 2 radical (unpaired) electrons. The smallest absolute Gasteiger partial charge is 0.216 e. The fourth-order valence-electron chi connectivity index (χ4n) is 0. The van der Waals surface area contributed by atoms with Crippen LogP contribution < -0.4 is 0 Å². The lowest BCUT2D eigenvalue weighted by molar-refractivity contribution is 0.685. The first kappa shape index (κ1) is 9.93. The molecule has 0 aromatic heterocycles. The molecule has 0 aliphatic heterocycles. The normalized spacial score (nSPS) is 6.00. The first-order valence-electron chi connectivity index (χ1n) is 0.912. The molecule has 6 heavy (non-hydrogen) atoms. The molecular formula is C2H2Cl3F. The molecule has 0 N–H and O–H groups in total. The van der Waals surface area contributed by atoms with Crippen LogP contribution in [-0.2, 0) is 0 Å². The molecule has 0 aromatic carbocycles. The number of alkyl halides is 2. The van der Waals surface area contributed by atoms with Gasteiger partial charge >= 0.3 is 0 Å². The van der Waals surface area contributed by atoms with Crippen molar-refractivity contribution in [1.82, 2.24) is 0 Å². The first-order valence-corrected chi connectivity index (χ1v) is 2.36. The van der Waals surface area contributed by atoms with Crippen molar-refractivity contribution < 1.29 is 4.39 Å². The predicted molar refractivity (Wildman–Crippen MR) is 26.8 cm³/mol. The summed E-state index contributed by atoms with van der Waals surface area (Å²) in [5.41, 5.74) is 0. The van der Waals surface area contributed by atoms with Gasteiger partial charge in [0.2, 0.25) is 0 Å². The van der Waals surface area contributed by atoms with Gasteiger partial charge in [-0.05, 0) is 0 Å². The van der Waals surface area contributed by atoms with Gasteiger partial charge in [0.15, 0.2) is 0 Å². The lowest BCUT2D eigenvalue weighted by Crippen LogP contribution is -1.24. The van der Waals surface area contributed by atoms with Crippen molar-refractivity contribution in [2.24, 2.45) is 0 Å². The van der Waals surface area contributed by atoms with E-state index in [9.17, 15) is 4.39 Å². The second-order valence-corrected chi connectivity index (χ2v) is 1.12. The molecular weight excluding hydrogens is 149 g/mol. The molecule has 0 aliphatic rings. The minimum absolute atomic E-state index is 0.194. The van der Waals surface area contributed by atoms with E-state index in [0.717, 1.165) is 6.13 Å². The van der Waals surface area contributed by atoms with Crippen LogP contribution in [0.4, 0.5) is 4.39 Å². The summed E-state index contributed by atoms with van der Waals surface area (Å²) >= 11 is 13.6. The summed E-state index contributed by atoms with van der Waals surface area (Å²) in [7, 11) is 0. The van der Waals surface area contributed by atoms with Gasteiger partial charge in [0.1, 0.15) is 0 Å². The van der Waals surface area contributed by atoms with Gasteiger partial charge in [-0.2, -0.15) is 0 Å². The third kappa shape index (κ3) is 108. The third-order valence-electron chi connectivity index (χ3n) is 0. The maximum absolute atomic E-state index is 9.81. The van der Waals surface area contributed by atoms with Crippen LogP contribution in [0.5, 0.6) is 0 Å². The van der Waals surface area contributed by atoms with Crippen LogP contribution in [0.15, 0.2) is 0 Å². The predicted octanol–water partition coefficient (Wildman–Crippen LogP) is 2.61.